The van der Waals surface area contributed by atoms with Gasteiger partial charge < -0.3 is 19.9 Å². The monoisotopic (exact) mass is 467 g/mol. The first-order chi connectivity index (χ1) is 16.6. The molecule has 1 aliphatic heterocycles. The summed E-state index contributed by atoms with van der Waals surface area (Å²) in [6.07, 6.45) is 5.54. The number of aromatic nitrogens is 4. The van der Waals surface area contributed by atoms with Crippen LogP contribution in [0.3, 0.4) is 0 Å². The first kappa shape index (κ1) is 23.6. The molecular formula is C23H29N7O4. The topological polar surface area (TPSA) is 148 Å². The van der Waals surface area contributed by atoms with Gasteiger partial charge in [0.05, 0.1) is 19.5 Å². The second-order valence-electron chi connectivity index (χ2n) is 8.22. The third kappa shape index (κ3) is 5.49. The summed E-state index contributed by atoms with van der Waals surface area (Å²) in [6, 6.07) is 7.00. The number of rotatable bonds is 10. The van der Waals surface area contributed by atoms with Crippen LogP contribution in [0.15, 0.2) is 30.6 Å². The van der Waals surface area contributed by atoms with E-state index >= 15 is 0 Å². The van der Waals surface area contributed by atoms with Crippen molar-refractivity contribution in [3.8, 4) is 11.4 Å². The molecule has 11 heteroatoms. The summed E-state index contributed by atoms with van der Waals surface area (Å²) in [5.74, 6) is 0.397. The number of carbonyl (C=O) groups is 2. The molecule has 1 fully saturated rings. The van der Waals surface area contributed by atoms with Crippen LogP contribution in [-0.4, -0.2) is 62.8 Å². The average Bonchev–Trinajstić information content (AvgIpc) is 3.28. The van der Waals surface area contributed by atoms with Gasteiger partial charge in [-0.05, 0) is 25.0 Å². The van der Waals surface area contributed by atoms with E-state index in [0.717, 1.165) is 49.2 Å². The van der Waals surface area contributed by atoms with Crippen LogP contribution in [0.25, 0.3) is 22.6 Å². The van der Waals surface area contributed by atoms with Crippen LogP contribution in [0.1, 0.15) is 42.5 Å². The van der Waals surface area contributed by atoms with Crippen LogP contribution in [0.5, 0.6) is 0 Å². The molecule has 4 rings (SSSR count). The number of carbonyl (C=O) groups excluding carboxylic acids is 2. The van der Waals surface area contributed by atoms with E-state index in [1.165, 1.54) is 0 Å². The van der Waals surface area contributed by atoms with Gasteiger partial charge in [0.2, 0.25) is 11.8 Å². The maximum Gasteiger partial charge on any atom is 0.248 e. The molecule has 0 saturated carbocycles. The van der Waals surface area contributed by atoms with Crippen molar-refractivity contribution in [2.45, 2.75) is 38.6 Å². The largest absolute Gasteiger partial charge is 0.378 e. The lowest BCUT2D eigenvalue weighted by atomic mass is 10.1. The molecule has 0 atom stereocenters. The number of anilines is 1. The Bertz CT molecular complexity index is 1160. The molecule has 11 nitrogen and oxygen atoms in total. The first-order valence-electron chi connectivity index (χ1n) is 11.5. The van der Waals surface area contributed by atoms with E-state index in [0.29, 0.717) is 49.7 Å². The maximum atomic E-state index is 11.7. The Morgan fingerprint density at radius 3 is 2.68 bits per heavy atom. The summed E-state index contributed by atoms with van der Waals surface area (Å²) in [5.41, 5.74) is 9.70. The lowest BCUT2D eigenvalue weighted by Crippen LogP contribution is -2.37. The fourth-order valence-electron chi connectivity index (χ4n) is 4.01. The third-order valence-corrected chi connectivity index (χ3v) is 5.84. The van der Waals surface area contributed by atoms with Gasteiger partial charge in [-0.25, -0.2) is 20.4 Å². The van der Waals surface area contributed by atoms with Crippen LogP contribution in [-0.2, 0) is 16.1 Å². The van der Waals surface area contributed by atoms with Crippen LogP contribution in [0, 0.1) is 0 Å². The van der Waals surface area contributed by atoms with Crippen molar-refractivity contribution >= 4 is 28.8 Å². The van der Waals surface area contributed by atoms with E-state index in [1.807, 2.05) is 10.6 Å². The standard InChI is InChI=1S/C23H29N7O4/c24-20(32)16-6-5-7-17(14-16)21-26-22(29-10-12-34-13-11-29)19-23(27-21)30(15-25-19)9-4-2-1-3-8-18(31)28-33/h5-7,14-15,33H,1-4,8-13H2,(H2,24,32)(H,28,31). The Labute approximate surface area is 196 Å². The highest BCUT2D eigenvalue weighted by Crippen LogP contribution is 2.28. The molecule has 0 aliphatic carbocycles. The predicted molar refractivity (Wildman–Crippen MR) is 125 cm³/mol. The van der Waals surface area contributed by atoms with Crippen LogP contribution < -0.4 is 16.1 Å². The van der Waals surface area contributed by atoms with Gasteiger partial charge in [0.15, 0.2) is 22.8 Å². The van der Waals surface area contributed by atoms with Crippen LogP contribution in [0.2, 0.25) is 0 Å². The van der Waals surface area contributed by atoms with E-state index in [1.54, 1.807) is 30.0 Å². The van der Waals surface area contributed by atoms with E-state index in [9.17, 15) is 9.59 Å². The molecule has 0 unspecified atom stereocenters. The summed E-state index contributed by atoms with van der Waals surface area (Å²) in [4.78, 5) is 39.2. The predicted octanol–water partition coefficient (Wildman–Crippen LogP) is 1.88. The molecule has 1 aliphatic rings. The minimum absolute atomic E-state index is 0.314. The Balaban J connectivity index is 1.59. The number of nitrogens with zero attached hydrogens (tertiary/aromatic N) is 5. The first-order valence-corrected chi connectivity index (χ1v) is 11.5. The molecule has 180 valence electrons. The van der Waals surface area contributed by atoms with Gasteiger partial charge >= 0.3 is 0 Å². The number of ether oxygens (including phenoxy) is 1. The summed E-state index contributed by atoms with van der Waals surface area (Å²) in [5, 5.41) is 8.57. The Hall–Kier alpha value is -3.57. The molecule has 3 aromatic rings. The molecule has 1 saturated heterocycles. The number of nitrogens with two attached hydrogens (primary N) is 1. The number of hydrogen-bond acceptors (Lipinski definition) is 8. The number of nitrogens with one attached hydrogen (secondary N) is 1. The van der Waals surface area contributed by atoms with E-state index in [4.69, 9.17) is 25.6 Å². The Morgan fingerprint density at radius 1 is 1.12 bits per heavy atom. The van der Waals surface area contributed by atoms with E-state index < -0.39 is 5.91 Å². The highest BCUT2D eigenvalue weighted by molar-refractivity contribution is 5.94. The van der Waals surface area contributed by atoms with Gasteiger partial charge in [-0.3, -0.25) is 14.8 Å². The molecule has 2 amide bonds. The minimum atomic E-state index is -0.502. The molecule has 3 heterocycles. The third-order valence-electron chi connectivity index (χ3n) is 5.84. The number of benzene rings is 1. The van der Waals surface area contributed by atoms with Crippen molar-refractivity contribution in [3.63, 3.8) is 0 Å². The van der Waals surface area contributed by atoms with Crippen molar-refractivity contribution < 1.29 is 19.5 Å². The van der Waals surface area contributed by atoms with Gasteiger partial charge in [0.25, 0.3) is 0 Å². The number of amides is 2. The molecule has 34 heavy (non-hydrogen) atoms. The number of primary amides is 1. The zero-order chi connectivity index (χ0) is 23.9. The van der Waals surface area contributed by atoms with Gasteiger partial charge in [-0.1, -0.05) is 25.0 Å². The highest BCUT2D eigenvalue weighted by atomic mass is 16.5. The van der Waals surface area contributed by atoms with Crippen LogP contribution in [0.4, 0.5) is 5.82 Å². The zero-order valence-corrected chi connectivity index (χ0v) is 18.9. The number of fused-ring (bicyclic) bond motifs is 1. The van der Waals surface area contributed by atoms with Gasteiger partial charge in [0, 0.05) is 37.2 Å². The number of unbranched alkanes of at least 4 members (excludes halogenated alkanes) is 3. The van der Waals surface area contributed by atoms with Crippen molar-refractivity contribution in [2.75, 3.05) is 31.2 Å². The summed E-state index contributed by atoms with van der Waals surface area (Å²) in [6.45, 7) is 3.38. The normalized spacial score (nSPS) is 13.9. The molecule has 0 spiro atoms. The average molecular weight is 468 g/mol. The zero-order valence-electron chi connectivity index (χ0n) is 18.9. The molecule has 2 aromatic heterocycles. The number of morpholine rings is 1. The molecule has 1 aromatic carbocycles. The number of hydroxylamine groups is 1. The van der Waals surface area contributed by atoms with Crippen molar-refractivity contribution in [1.29, 1.82) is 0 Å². The second-order valence-corrected chi connectivity index (χ2v) is 8.22. The fraction of sp³-hybridized carbons (Fsp3) is 0.435. The van der Waals surface area contributed by atoms with Crippen molar-refractivity contribution in [3.05, 3.63) is 36.2 Å². The lowest BCUT2D eigenvalue weighted by molar-refractivity contribution is -0.129. The number of imidazole rings is 1. The minimum Gasteiger partial charge on any atom is -0.378 e. The number of aryl methyl sites for hydroxylation is 1. The second kappa shape index (κ2) is 11.0. The summed E-state index contributed by atoms with van der Waals surface area (Å²) < 4.78 is 7.52. The van der Waals surface area contributed by atoms with Gasteiger partial charge in [0.1, 0.15) is 0 Å². The van der Waals surface area contributed by atoms with E-state index in [2.05, 4.69) is 9.88 Å². The molecule has 4 N–H and O–H groups in total. The summed E-state index contributed by atoms with van der Waals surface area (Å²) in [7, 11) is 0. The van der Waals surface area contributed by atoms with Crippen molar-refractivity contribution in [2.24, 2.45) is 5.73 Å². The van der Waals surface area contributed by atoms with E-state index in [-0.39, 0.29) is 5.91 Å². The molecule has 0 radical (unpaired) electrons. The SMILES string of the molecule is NC(=O)c1cccc(-c2nc(N3CCOCC3)c3ncn(CCCCCCC(=O)NO)c3n2)c1. The van der Waals surface area contributed by atoms with Crippen LogP contribution >= 0.6 is 0 Å². The molecular weight excluding hydrogens is 438 g/mol. The van der Waals surface area contributed by atoms with Gasteiger partial charge in [-0.15, -0.1) is 0 Å². The number of hydrogen-bond donors (Lipinski definition) is 3. The fourth-order valence-corrected chi connectivity index (χ4v) is 4.01. The Morgan fingerprint density at radius 2 is 1.91 bits per heavy atom. The van der Waals surface area contributed by atoms with Crippen molar-refractivity contribution in [1.82, 2.24) is 25.0 Å². The van der Waals surface area contributed by atoms with Gasteiger partial charge in [-0.2, -0.15) is 0 Å². The smallest absolute Gasteiger partial charge is 0.248 e. The maximum absolute atomic E-state index is 11.7. The summed E-state index contributed by atoms with van der Waals surface area (Å²) >= 11 is 0. The Kier molecular flexibility index (Phi) is 7.65. The highest BCUT2D eigenvalue weighted by Gasteiger charge is 2.21. The molecule has 0 bridgehead atoms. The quantitative estimate of drug-likeness (QED) is 0.232. The lowest BCUT2D eigenvalue weighted by Gasteiger charge is -2.28.